The highest BCUT2D eigenvalue weighted by Crippen LogP contribution is 2.29. The minimum atomic E-state index is -0.0821. The number of likely N-dealkylation sites (tertiary alicyclic amines) is 1. The number of piperidine rings is 1. The summed E-state index contributed by atoms with van der Waals surface area (Å²) >= 11 is 0. The van der Waals surface area contributed by atoms with Crippen molar-refractivity contribution >= 4 is 5.84 Å². The van der Waals surface area contributed by atoms with E-state index in [1.54, 1.807) is 13.2 Å². The van der Waals surface area contributed by atoms with E-state index >= 15 is 0 Å². The fourth-order valence-electron chi connectivity index (χ4n) is 4.26. The first kappa shape index (κ1) is 32.9. The highest BCUT2D eigenvalue weighted by molar-refractivity contribution is 5.84. The number of hydrogen-bond acceptors (Lipinski definition) is 3. The average Bonchev–Trinajstić information content (AvgIpc) is 2.90. The van der Waals surface area contributed by atoms with Crippen LogP contribution in [0.2, 0.25) is 0 Å². The van der Waals surface area contributed by atoms with E-state index in [-0.39, 0.29) is 5.83 Å². The summed E-state index contributed by atoms with van der Waals surface area (Å²) in [5.74, 6) is 3.13. The number of ether oxygens (including phenoxy) is 1. The Morgan fingerprint density at radius 3 is 2.23 bits per heavy atom. The summed E-state index contributed by atoms with van der Waals surface area (Å²) < 4.78 is 18.9. The molecule has 0 radical (unpaired) electrons. The van der Waals surface area contributed by atoms with E-state index in [2.05, 4.69) is 75.0 Å². The predicted octanol–water partition coefficient (Wildman–Crippen LogP) is 7.73. The lowest BCUT2D eigenvalue weighted by atomic mass is 9.89. The van der Waals surface area contributed by atoms with Crippen LogP contribution in [0.5, 0.6) is 5.75 Å². The zero-order valence-electron chi connectivity index (χ0n) is 23.8. The molecule has 1 atom stereocenters. The van der Waals surface area contributed by atoms with Gasteiger partial charge in [-0.2, -0.15) is 0 Å². The lowest BCUT2D eigenvalue weighted by Gasteiger charge is -2.36. The third-order valence-electron chi connectivity index (χ3n) is 6.34. The average molecular weight is 490 g/mol. The number of likely N-dealkylation sites (N-methyl/N-ethyl adjacent to an activating group) is 1. The number of hydrogen-bond donors (Lipinski definition) is 0. The lowest BCUT2D eigenvalue weighted by Crippen LogP contribution is -2.45. The van der Waals surface area contributed by atoms with Crippen LogP contribution in [0, 0.1) is 5.92 Å². The molecule has 5 heteroatoms. The molecule has 0 saturated carbocycles. The smallest absolute Gasteiger partial charge is 0.118 e. The molecular weight excluding hydrogens is 437 g/mol. The molecule has 1 aliphatic heterocycles. The molecule has 35 heavy (non-hydrogen) atoms. The van der Waals surface area contributed by atoms with Crippen molar-refractivity contribution in [3.05, 3.63) is 54.9 Å². The Morgan fingerprint density at radius 1 is 1.17 bits per heavy atom. The van der Waals surface area contributed by atoms with Gasteiger partial charge in [-0.15, -0.1) is 13.2 Å². The minimum absolute atomic E-state index is 0.0821. The van der Waals surface area contributed by atoms with E-state index in [0.29, 0.717) is 30.8 Å². The maximum atomic E-state index is 13.6. The molecule has 1 saturated heterocycles. The monoisotopic (exact) mass is 489 g/mol. The van der Waals surface area contributed by atoms with Crippen molar-refractivity contribution < 1.29 is 9.13 Å². The number of nitrogens with zero attached hydrogens (tertiary/aromatic N) is 3. The second kappa shape index (κ2) is 19.1. The molecule has 0 aliphatic carbocycles. The molecule has 0 bridgehead atoms. The minimum Gasteiger partial charge on any atom is -0.497 e. The Labute approximate surface area is 216 Å². The summed E-state index contributed by atoms with van der Waals surface area (Å²) in [5.41, 5.74) is 1.40. The van der Waals surface area contributed by atoms with Crippen LogP contribution in [0.4, 0.5) is 4.39 Å². The number of amidine groups is 1. The van der Waals surface area contributed by atoms with Gasteiger partial charge in [0.2, 0.25) is 0 Å². The normalized spacial score (nSPS) is 16.1. The number of benzene rings is 1. The zero-order chi connectivity index (χ0) is 26.8. The Bertz CT molecular complexity index is 722. The molecule has 1 aromatic rings. The molecule has 1 aliphatic rings. The van der Waals surface area contributed by atoms with E-state index < -0.39 is 0 Å². The summed E-state index contributed by atoms with van der Waals surface area (Å²) in [6.45, 7) is 22.0. The summed E-state index contributed by atoms with van der Waals surface area (Å²) in [6.07, 6.45) is 5.46. The van der Waals surface area contributed by atoms with Gasteiger partial charge < -0.3 is 9.64 Å². The third-order valence-corrected chi connectivity index (χ3v) is 6.34. The Hall–Kier alpha value is -2.14. The van der Waals surface area contributed by atoms with E-state index in [4.69, 9.17) is 9.73 Å². The molecule has 1 unspecified atom stereocenters. The molecule has 0 amide bonds. The Kier molecular flexibility index (Phi) is 17.9. The lowest BCUT2D eigenvalue weighted by molar-refractivity contribution is 0.226. The van der Waals surface area contributed by atoms with Crippen molar-refractivity contribution in [1.82, 2.24) is 9.80 Å². The van der Waals surface area contributed by atoms with E-state index in [0.717, 1.165) is 50.5 Å². The van der Waals surface area contributed by atoms with Crippen molar-refractivity contribution in [2.24, 2.45) is 10.9 Å². The van der Waals surface area contributed by atoms with Gasteiger partial charge in [-0.3, -0.25) is 9.89 Å². The van der Waals surface area contributed by atoms with Crippen molar-refractivity contribution in [3.63, 3.8) is 0 Å². The summed E-state index contributed by atoms with van der Waals surface area (Å²) in [5, 5.41) is 0. The van der Waals surface area contributed by atoms with Crippen molar-refractivity contribution in [1.29, 1.82) is 0 Å². The van der Waals surface area contributed by atoms with Crippen LogP contribution >= 0.6 is 0 Å². The van der Waals surface area contributed by atoms with E-state index in [9.17, 15) is 4.39 Å². The number of halogens is 1. The molecule has 1 aromatic carbocycles. The van der Waals surface area contributed by atoms with Gasteiger partial charge >= 0.3 is 0 Å². The maximum Gasteiger partial charge on any atom is 0.118 e. The van der Waals surface area contributed by atoms with Crippen LogP contribution in [0.15, 0.2) is 54.3 Å². The molecule has 200 valence electrons. The summed E-state index contributed by atoms with van der Waals surface area (Å²) in [6, 6.07) is 8.92. The molecule has 0 N–H and O–H groups in total. The summed E-state index contributed by atoms with van der Waals surface area (Å²) in [7, 11) is 3.84. The second-order valence-corrected chi connectivity index (χ2v) is 9.17. The van der Waals surface area contributed by atoms with Gasteiger partial charge in [-0.1, -0.05) is 46.8 Å². The molecule has 0 spiro atoms. The predicted molar refractivity (Wildman–Crippen MR) is 152 cm³/mol. The Balaban J connectivity index is 0.00000274. The van der Waals surface area contributed by atoms with E-state index in [1.165, 1.54) is 5.56 Å². The number of rotatable bonds is 10. The maximum absolute atomic E-state index is 13.6. The van der Waals surface area contributed by atoms with Gasteiger partial charge in [-0.25, -0.2) is 4.39 Å². The van der Waals surface area contributed by atoms with Gasteiger partial charge in [0.05, 0.1) is 26.0 Å². The SMILES string of the molecule is C=C.CC.CC/C(F)=C\CN=C(CN1CCC(c2ccc(OC)cc2)CC1)N(C)C(C)CC(C)C. The fraction of sp³-hybridized carbons (Fsp3) is 0.633. The van der Waals surface area contributed by atoms with Crippen LogP contribution < -0.4 is 4.74 Å². The Morgan fingerprint density at radius 2 is 1.74 bits per heavy atom. The molecule has 1 fully saturated rings. The van der Waals surface area contributed by atoms with Crippen molar-refractivity contribution in [3.8, 4) is 5.75 Å². The van der Waals surface area contributed by atoms with Crippen molar-refractivity contribution in [2.45, 2.75) is 79.2 Å². The number of methoxy groups -OCH3 is 1. The standard InChI is InChI=1S/C26H42FN3O.C2H6.C2H4/c1-7-24(27)12-15-28-26(29(5)21(4)18-20(2)3)19-30-16-13-23(14-17-30)22-8-10-25(31-6)11-9-22;2*1-2/h8-12,20-21,23H,7,13-19H2,1-6H3;1-2H3;1-2H2/b24-12+,28-26?;;. The largest absolute Gasteiger partial charge is 0.497 e. The first-order valence-corrected chi connectivity index (χ1v) is 13.3. The number of aliphatic imine (C=N–C) groups is 1. The van der Waals surface area contributed by atoms with Crippen molar-refractivity contribution in [2.75, 3.05) is 40.3 Å². The molecule has 0 aromatic heterocycles. The van der Waals surface area contributed by atoms with Gasteiger partial charge in [0, 0.05) is 13.1 Å². The molecule has 2 rings (SSSR count). The van der Waals surface area contributed by atoms with Crippen LogP contribution in [-0.2, 0) is 0 Å². The highest BCUT2D eigenvalue weighted by Gasteiger charge is 2.23. The quantitative estimate of drug-likeness (QED) is 0.191. The summed E-state index contributed by atoms with van der Waals surface area (Å²) in [4.78, 5) is 9.60. The van der Waals surface area contributed by atoms with Crippen LogP contribution in [-0.4, -0.2) is 62.0 Å². The number of allylic oxidation sites excluding steroid dienone is 1. The van der Waals surface area contributed by atoms with Gasteiger partial charge in [-0.05, 0) is 81.3 Å². The van der Waals surface area contributed by atoms with Gasteiger partial charge in [0.15, 0.2) is 0 Å². The zero-order valence-corrected chi connectivity index (χ0v) is 23.8. The second-order valence-electron chi connectivity index (χ2n) is 9.17. The molecule has 4 nitrogen and oxygen atoms in total. The third kappa shape index (κ3) is 12.4. The fourth-order valence-corrected chi connectivity index (χ4v) is 4.26. The topological polar surface area (TPSA) is 28.1 Å². The highest BCUT2D eigenvalue weighted by atomic mass is 19.1. The van der Waals surface area contributed by atoms with Crippen LogP contribution in [0.3, 0.4) is 0 Å². The first-order chi connectivity index (χ1) is 16.8. The molecule has 1 heterocycles. The molecular formula is C30H52FN3O. The first-order valence-electron chi connectivity index (χ1n) is 13.3. The van der Waals surface area contributed by atoms with Gasteiger partial charge in [0.25, 0.3) is 0 Å². The van der Waals surface area contributed by atoms with Crippen LogP contribution in [0.1, 0.15) is 78.7 Å². The van der Waals surface area contributed by atoms with Gasteiger partial charge in [0.1, 0.15) is 11.6 Å². The van der Waals surface area contributed by atoms with E-state index in [1.807, 2.05) is 20.8 Å². The van der Waals surface area contributed by atoms with Crippen LogP contribution in [0.25, 0.3) is 0 Å².